The molecule has 6 nitrogen and oxygen atoms in total. The third-order valence-electron chi connectivity index (χ3n) is 8.01. The molecule has 0 bridgehead atoms. The molecule has 1 aromatic carbocycles. The van der Waals surface area contributed by atoms with E-state index in [1.807, 2.05) is 6.20 Å². The Bertz CT molecular complexity index is 1450. The molecule has 0 spiro atoms. The lowest BCUT2D eigenvalue weighted by atomic mass is 9.98. The van der Waals surface area contributed by atoms with Crippen LogP contribution in [0.4, 0.5) is 0 Å². The molecule has 0 amide bonds. The van der Waals surface area contributed by atoms with Gasteiger partial charge in [0.25, 0.3) is 0 Å². The van der Waals surface area contributed by atoms with Crippen molar-refractivity contribution in [3.05, 3.63) is 89.7 Å². The van der Waals surface area contributed by atoms with Crippen molar-refractivity contribution >= 4 is 22.6 Å². The Morgan fingerprint density at radius 1 is 1.05 bits per heavy atom. The Labute approximate surface area is 235 Å². The first-order chi connectivity index (χ1) is 19.2. The molecular weight excluding hydrogens is 500 g/mol. The number of hydrogen-bond donors (Lipinski definition) is 2. The minimum absolute atomic E-state index is 0.486. The van der Waals surface area contributed by atoms with E-state index in [0.717, 1.165) is 55.7 Å². The van der Waals surface area contributed by atoms with Crippen LogP contribution in [-0.4, -0.2) is 45.1 Å². The van der Waals surface area contributed by atoms with Crippen molar-refractivity contribution in [3.8, 4) is 10.4 Å². The standard InChI is InChI=1S/C32H38N6S/c1-23-14-25(15-23)10-13-33-11-5-12-34-19-26-8-9-28(17-26)38-21-30(29-20-35-22-36-32(29)38)31-18-27(37-39-31)16-24-6-3-2-4-7-24/h2-4,6-7,14-15,18,20-22,26,28,33-34H,5,8-13,16-17,19H2,1H3. The van der Waals surface area contributed by atoms with Crippen LogP contribution in [-0.2, 0) is 6.42 Å². The van der Waals surface area contributed by atoms with Crippen LogP contribution in [0.25, 0.3) is 21.5 Å². The van der Waals surface area contributed by atoms with Gasteiger partial charge in [-0.3, -0.25) is 0 Å². The van der Waals surface area contributed by atoms with E-state index < -0.39 is 0 Å². The highest BCUT2D eigenvalue weighted by Gasteiger charge is 2.28. The zero-order valence-corrected chi connectivity index (χ0v) is 23.6. The first-order valence-electron chi connectivity index (χ1n) is 14.3. The SMILES string of the molecule is CC1=CC(CCNCCCNCC2CCC(n3cc(-c4cc(Cc5ccccc5)ns4)c4cncnc43)C2)=C1. The Balaban J connectivity index is 1.01. The normalized spacial score (nSPS) is 18.8. The quantitative estimate of drug-likeness (QED) is 0.195. The van der Waals surface area contributed by atoms with E-state index in [1.165, 1.54) is 52.8 Å². The number of fused-ring (bicyclic) bond motifs is 1. The molecule has 6 rings (SSSR count). The monoisotopic (exact) mass is 538 g/mol. The molecule has 2 N–H and O–H groups in total. The highest BCUT2D eigenvalue weighted by Crippen LogP contribution is 2.40. The van der Waals surface area contributed by atoms with E-state index >= 15 is 0 Å². The van der Waals surface area contributed by atoms with Gasteiger partial charge in [0.15, 0.2) is 0 Å². The number of nitrogens with one attached hydrogen (secondary N) is 2. The van der Waals surface area contributed by atoms with Crippen LogP contribution in [0.1, 0.15) is 56.3 Å². The topological polar surface area (TPSA) is 67.7 Å². The minimum atomic E-state index is 0.486. The van der Waals surface area contributed by atoms with Crippen LogP contribution in [0.15, 0.2) is 78.4 Å². The first-order valence-corrected chi connectivity index (χ1v) is 15.1. The van der Waals surface area contributed by atoms with Gasteiger partial charge in [0, 0.05) is 35.8 Å². The van der Waals surface area contributed by atoms with E-state index in [0.29, 0.717) is 12.0 Å². The molecule has 2 aliphatic carbocycles. The second kappa shape index (κ2) is 12.4. The molecule has 1 saturated carbocycles. The highest BCUT2D eigenvalue weighted by atomic mass is 32.1. The predicted molar refractivity (Wildman–Crippen MR) is 161 cm³/mol. The Morgan fingerprint density at radius 3 is 2.79 bits per heavy atom. The van der Waals surface area contributed by atoms with Crippen molar-refractivity contribution in [1.29, 1.82) is 0 Å². The average Bonchev–Trinajstić information content (AvgIpc) is 3.68. The highest BCUT2D eigenvalue weighted by molar-refractivity contribution is 7.09. The molecule has 1 fully saturated rings. The molecule has 39 heavy (non-hydrogen) atoms. The van der Waals surface area contributed by atoms with E-state index in [2.05, 4.69) is 81.9 Å². The maximum atomic E-state index is 4.77. The molecule has 2 unspecified atom stereocenters. The van der Waals surface area contributed by atoms with Gasteiger partial charge in [-0.2, -0.15) is 4.37 Å². The summed E-state index contributed by atoms with van der Waals surface area (Å²) in [4.78, 5) is 10.3. The third kappa shape index (κ3) is 6.38. The lowest BCUT2D eigenvalue weighted by Gasteiger charge is -2.15. The molecule has 2 atom stereocenters. The van der Waals surface area contributed by atoms with E-state index in [1.54, 1.807) is 17.9 Å². The summed E-state index contributed by atoms with van der Waals surface area (Å²) >= 11 is 1.58. The average molecular weight is 539 g/mol. The molecule has 3 heterocycles. The lowest BCUT2D eigenvalue weighted by molar-refractivity contribution is 0.452. The maximum absolute atomic E-state index is 4.77. The van der Waals surface area contributed by atoms with Gasteiger partial charge in [0.05, 0.1) is 10.6 Å². The van der Waals surface area contributed by atoms with E-state index in [9.17, 15) is 0 Å². The summed E-state index contributed by atoms with van der Waals surface area (Å²) in [5, 5.41) is 8.42. The van der Waals surface area contributed by atoms with Crippen molar-refractivity contribution in [2.75, 3.05) is 26.2 Å². The number of benzene rings is 1. The molecule has 0 saturated heterocycles. The van der Waals surface area contributed by atoms with Crippen molar-refractivity contribution in [2.24, 2.45) is 5.92 Å². The number of nitrogens with zero attached hydrogens (tertiary/aromatic N) is 4. The van der Waals surface area contributed by atoms with Gasteiger partial charge in [-0.1, -0.05) is 48.1 Å². The number of rotatable bonds is 13. The Kier molecular flexibility index (Phi) is 8.28. The van der Waals surface area contributed by atoms with Crippen molar-refractivity contribution < 1.29 is 0 Å². The van der Waals surface area contributed by atoms with Gasteiger partial charge in [-0.25, -0.2) is 9.97 Å². The maximum Gasteiger partial charge on any atom is 0.144 e. The molecule has 4 aromatic rings. The molecule has 0 aliphatic heterocycles. The van der Waals surface area contributed by atoms with Gasteiger partial charge in [0.2, 0.25) is 0 Å². The molecular formula is C32H38N6S. The van der Waals surface area contributed by atoms with Gasteiger partial charge in [-0.05, 0) is 99.9 Å². The summed E-state index contributed by atoms with van der Waals surface area (Å²) in [5.74, 6) is 0.715. The Hall–Kier alpha value is -3.13. The summed E-state index contributed by atoms with van der Waals surface area (Å²) in [6, 6.07) is 13.3. The molecule has 0 radical (unpaired) electrons. The van der Waals surface area contributed by atoms with Gasteiger partial charge in [0.1, 0.15) is 12.0 Å². The summed E-state index contributed by atoms with van der Waals surface area (Å²) < 4.78 is 7.19. The van der Waals surface area contributed by atoms with Crippen LogP contribution >= 0.6 is 11.5 Å². The molecule has 3 aromatic heterocycles. The minimum Gasteiger partial charge on any atom is -0.329 e. The fourth-order valence-corrected chi connectivity index (χ4v) is 6.78. The van der Waals surface area contributed by atoms with E-state index in [4.69, 9.17) is 9.36 Å². The van der Waals surface area contributed by atoms with Gasteiger partial charge >= 0.3 is 0 Å². The van der Waals surface area contributed by atoms with Crippen molar-refractivity contribution in [3.63, 3.8) is 0 Å². The molecule has 2 aliphatic rings. The summed E-state index contributed by atoms with van der Waals surface area (Å²) in [6.45, 7) is 6.50. The van der Waals surface area contributed by atoms with Crippen LogP contribution in [0.5, 0.6) is 0 Å². The van der Waals surface area contributed by atoms with Gasteiger partial charge in [-0.15, -0.1) is 0 Å². The van der Waals surface area contributed by atoms with Gasteiger partial charge < -0.3 is 15.2 Å². The number of aromatic nitrogens is 4. The fraction of sp³-hybridized carbons (Fsp3) is 0.406. The summed E-state index contributed by atoms with van der Waals surface area (Å²) in [5.41, 5.74) is 7.53. The van der Waals surface area contributed by atoms with E-state index in [-0.39, 0.29) is 0 Å². The molecule has 7 heteroatoms. The smallest absolute Gasteiger partial charge is 0.144 e. The van der Waals surface area contributed by atoms with Crippen molar-refractivity contribution in [1.82, 2.24) is 29.5 Å². The number of hydrogen-bond acceptors (Lipinski definition) is 6. The first kappa shape index (κ1) is 26.1. The summed E-state index contributed by atoms with van der Waals surface area (Å²) in [6.07, 6.45) is 17.4. The van der Waals surface area contributed by atoms with Crippen LogP contribution < -0.4 is 10.6 Å². The largest absolute Gasteiger partial charge is 0.329 e. The number of allylic oxidation sites excluding steroid dienone is 3. The predicted octanol–water partition coefficient (Wildman–Crippen LogP) is 6.33. The van der Waals surface area contributed by atoms with Crippen LogP contribution in [0.2, 0.25) is 0 Å². The molecule has 202 valence electrons. The third-order valence-corrected chi connectivity index (χ3v) is 8.87. The lowest BCUT2D eigenvalue weighted by Crippen LogP contribution is -2.26. The summed E-state index contributed by atoms with van der Waals surface area (Å²) in [7, 11) is 0. The zero-order chi connectivity index (χ0) is 26.4. The second-order valence-electron chi connectivity index (χ2n) is 11.1. The second-order valence-corrected chi connectivity index (χ2v) is 11.9. The zero-order valence-electron chi connectivity index (χ0n) is 22.8. The van der Waals surface area contributed by atoms with Crippen molar-refractivity contribution in [2.45, 2.75) is 51.5 Å². The van der Waals surface area contributed by atoms with Crippen LogP contribution in [0.3, 0.4) is 0 Å². The Morgan fingerprint density at radius 2 is 1.92 bits per heavy atom. The fourth-order valence-electron chi connectivity index (χ4n) is 6.00. The van der Waals surface area contributed by atoms with Crippen LogP contribution in [0, 0.1) is 5.92 Å².